The molecule has 0 fully saturated rings. The Labute approximate surface area is 85.7 Å². The zero-order valence-corrected chi connectivity index (χ0v) is 10.4. The van der Waals surface area contributed by atoms with E-state index in [9.17, 15) is 0 Å². The van der Waals surface area contributed by atoms with E-state index < -0.39 is 0 Å². The molecule has 0 N–H and O–H groups in total. The second kappa shape index (κ2) is 8.31. The quantitative estimate of drug-likeness (QED) is 0.558. The van der Waals surface area contributed by atoms with Crippen LogP contribution in [0.5, 0.6) is 0 Å². The van der Waals surface area contributed by atoms with Crippen LogP contribution in [-0.4, -0.2) is 11.0 Å². The third kappa shape index (κ3) is 7.35. The van der Waals surface area contributed by atoms with Crippen LogP contribution in [0, 0.1) is 5.92 Å². The first kappa shape index (κ1) is 12.7. The molecular weight excluding hydrogens is 184 g/mol. The van der Waals surface area contributed by atoms with Gasteiger partial charge in [-0.3, -0.25) is 0 Å². The van der Waals surface area contributed by atoms with Crippen molar-refractivity contribution < 1.29 is 0 Å². The molecule has 1 unspecified atom stereocenters. The van der Waals surface area contributed by atoms with Gasteiger partial charge in [-0.1, -0.05) is 62.1 Å². The molecule has 0 aromatic rings. The number of hydrogen-bond acceptors (Lipinski definition) is 2. The molecule has 0 spiro atoms. The lowest BCUT2D eigenvalue weighted by Gasteiger charge is -2.13. The second-order valence-corrected chi connectivity index (χ2v) is 6.48. The standard InChI is InChI=1S/C10H22S2/c1-5-7-10(6-2)8-11-12-9(3)4/h9-10H,5-8H2,1-4H3. The van der Waals surface area contributed by atoms with Crippen LogP contribution in [0.1, 0.15) is 47.0 Å². The van der Waals surface area contributed by atoms with Crippen LogP contribution in [0.25, 0.3) is 0 Å². The SMILES string of the molecule is CCCC(CC)CSSC(C)C. The highest BCUT2D eigenvalue weighted by molar-refractivity contribution is 8.76. The molecular formula is C10H22S2. The van der Waals surface area contributed by atoms with Gasteiger partial charge in [0, 0.05) is 11.0 Å². The first-order chi connectivity index (χ1) is 5.70. The fourth-order valence-corrected chi connectivity index (χ4v) is 3.66. The Hall–Kier alpha value is 0.700. The van der Waals surface area contributed by atoms with Crippen molar-refractivity contribution in [1.82, 2.24) is 0 Å². The molecule has 0 rings (SSSR count). The van der Waals surface area contributed by atoms with Gasteiger partial charge in [0.1, 0.15) is 0 Å². The van der Waals surface area contributed by atoms with E-state index in [-0.39, 0.29) is 0 Å². The topological polar surface area (TPSA) is 0 Å². The molecule has 0 aliphatic heterocycles. The van der Waals surface area contributed by atoms with Gasteiger partial charge in [0.15, 0.2) is 0 Å². The predicted molar refractivity (Wildman–Crippen MR) is 63.9 cm³/mol. The summed E-state index contributed by atoms with van der Waals surface area (Å²) in [5, 5.41) is 0.772. The lowest BCUT2D eigenvalue weighted by atomic mass is 10.0. The molecule has 0 amide bonds. The molecule has 74 valence electrons. The second-order valence-electron chi connectivity index (χ2n) is 3.49. The Balaban J connectivity index is 3.31. The Morgan fingerprint density at radius 2 is 1.83 bits per heavy atom. The van der Waals surface area contributed by atoms with Crippen LogP contribution in [0.2, 0.25) is 0 Å². The summed E-state index contributed by atoms with van der Waals surface area (Å²) in [4.78, 5) is 0. The van der Waals surface area contributed by atoms with Crippen molar-refractivity contribution >= 4 is 21.6 Å². The lowest BCUT2D eigenvalue weighted by molar-refractivity contribution is 0.518. The van der Waals surface area contributed by atoms with E-state index in [0.717, 1.165) is 11.2 Å². The monoisotopic (exact) mass is 206 g/mol. The Bertz CT molecular complexity index is 91.8. The van der Waals surface area contributed by atoms with Gasteiger partial charge in [-0.2, -0.15) is 0 Å². The molecule has 0 heterocycles. The molecule has 2 heteroatoms. The summed E-state index contributed by atoms with van der Waals surface area (Å²) in [7, 11) is 4.07. The summed E-state index contributed by atoms with van der Waals surface area (Å²) < 4.78 is 0. The highest BCUT2D eigenvalue weighted by Crippen LogP contribution is 2.30. The average molecular weight is 206 g/mol. The van der Waals surface area contributed by atoms with Gasteiger partial charge in [-0.15, -0.1) is 0 Å². The molecule has 0 aromatic carbocycles. The van der Waals surface area contributed by atoms with Crippen LogP contribution in [-0.2, 0) is 0 Å². The van der Waals surface area contributed by atoms with E-state index >= 15 is 0 Å². The Kier molecular flexibility index (Phi) is 8.79. The first-order valence-electron chi connectivity index (χ1n) is 4.98. The summed E-state index contributed by atoms with van der Waals surface area (Å²) in [6.45, 7) is 9.11. The summed E-state index contributed by atoms with van der Waals surface area (Å²) in [6.07, 6.45) is 4.09. The van der Waals surface area contributed by atoms with Crippen LogP contribution in [0.4, 0.5) is 0 Å². The highest BCUT2D eigenvalue weighted by Gasteiger charge is 2.05. The fourth-order valence-electron chi connectivity index (χ4n) is 1.09. The summed E-state index contributed by atoms with van der Waals surface area (Å²) in [6, 6.07) is 0. The smallest absolute Gasteiger partial charge is 0.00944 e. The molecule has 0 radical (unpaired) electrons. The van der Waals surface area contributed by atoms with Gasteiger partial charge in [-0.05, 0) is 12.3 Å². The van der Waals surface area contributed by atoms with Crippen LogP contribution >= 0.6 is 21.6 Å². The summed E-state index contributed by atoms with van der Waals surface area (Å²) in [5.41, 5.74) is 0. The zero-order valence-electron chi connectivity index (χ0n) is 8.80. The molecule has 0 saturated heterocycles. The number of rotatable bonds is 7. The summed E-state index contributed by atoms with van der Waals surface area (Å²) >= 11 is 0. The van der Waals surface area contributed by atoms with Gasteiger partial charge in [0.2, 0.25) is 0 Å². The van der Waals surface area contributed by atoms with Crippen LogP contribution < -0.4 is 0 Å². The van der Waals surface area contributed by atoms with Crippen LogP contribution in [0.3, 0.4) is 0 Å². The zero-order chi connectivity index (χ0) is 9.40. The van der Waals surface area contributed by atoms with Crippen molar-refractivity contribution in [3.63, 3.8) is 0 Å². The highest BCUT2D eigenvalue weighted by atomic mass is 33.1. The average Bonchev–Trinajstić information content (AvgIpc) is 2.02. The third-order valence-corrected chi connectivity index (χ3v) is 4.94. The van der Waals surface area contributed by atoms with Crippen molar-refractivity contribution in [1.29, 1.82) is 0 Å². The predicted octanol–water partition coefficient (Wildman–Crippen LogP) is 4.60. The molecule has 1 atom stereocenters. The van der Waals surface area contributed by atoms with Gasteiger partial charge in [0.25, 0.3) is 0 Å². The van der Waals surface area contributed by atoms with Gasteiger partial charge >= 0.3 is 0 Å². The van der Waals surface area contributed by atoms with E-state index in [1.165, 1.54) is 25.0 Å². The lowest BCUT2D eigenvalue weighted by Crippen LogP contribution is -2.00. The minimum absolute atomic E-state index is 0.772. The van der Waals surface area contributed by atoms with Crippen molar-refractivity contribution in [2.45, 2.75) is 52.2 Å². The molecule has 0 aliphatic rings. The largest absolute Gasteiger partial charge is 0.0936 e. The Morgan fingerprint density at radius 3 is 2.25 bits per heavy atom. The van der Waals surface area contributed by atoms with E-state index in [1.54, 1.807) is 0 Å². The molecule has 12 heavy (non-hydrogen) atoms. The normalized spacial score (nSPS) is 13.8. The maximum absolute atomic E-state index is 2.31. The maximum atomic E-state index is 2.31. The summed E-state index contributed by atoms with van der Waals surface area (Å²) in [5.74, 6) is 2.29. The van der Waals surface area contributed by atoms with E-state index in [4.69, 9.17) is 0 Å². The van der Waals surface area contributed by atoms with Crippen molar-refractivity contribution in [2.75, 3.05) is 5.75 Å². The van der Waals surface area contributed by atoms with E-state index in [2.05, 4.69) is 38.5 Å². The van der Waals surface area contributed by atoms with Gasteiger partial charge in [0.05, 0.1) is 0 Å². The molecule has 0 nitrogen and oxygen atoms in total. The Morgan fingerprint density at radius 1 is 1.17 bits per heavy atom. The van der Waals surface area contributed by atoms with Gasteiger partial charge < -0.3 is 0 Å². The van der Waals surface area contributed by atoms with Crippen molar-refractivity contribution in [3.05, 3.63) is 0 Å². The molecule has 0 saturated carbocycles. The van der Waals surface area contributed by atoms with Crippen LogP contribution in [0.15, 0.2) is 0 Å². The molecule has 0 aliphatic carbocycles. The van der Waals surface area contributed by atoms with E-state index in [1.807, 2.05) is 10.8 Å². The van der Waals surface area contributed by atoms with Crippen molar-refractivity contribution in [2.24, 2.45) is 5.92 Å². The minimum atomic E-state index is 0.772. The molecule has 0 bridgehead atoms. The molecule has 0 aromatic heterocycles. The minimum Gasteiger partial charge on any atom is -0.0936 e. The first-order valence-corrected chi connectivity index (χ1v) is 7.37. The third-order valence-electron chi connectivity index (χ3n) is 1.84. The fraction of sp³-hybridized carbons (Fsp3) is 1.00. The van der Waals surface area contributed by atoms with E-state index in [0.29, 0.717) is 0 Å². The maximum Gasteiger partial charge on any atom is 0.00944 e. The van der Waals surface area contributed by atoms with Crippen molar-refractivity contribution in [3.8, 4) is 0 Å². The number of hydrogen-bond donors (Lipinski definition) is 0. The van der Waals surface area contributed by atoms with Gasteiger partial charge in [-0.25, -0.2) is 0 Å².